The molecule has 1 aliphatic carbocycles. The number of nitrogens with one attached hydrogen (secondary N) is 1. The molecule has 5 nitrogen and oxygen atoms in total. The van der Waals surface area contributed by atoms with Gasteiger partial charge in [-0.3, -0.25) is 9.59 Å². The SMILES string of the molecule is CC(C)C(=O)NC1CCN(C(=O)C2(N)CCCCC2)CC1. The normalized spacial score (nSPS) is 23.1. The zero-order valence-corrected chi connectivity index (χ0v) is 13.4. The van der Waals surface area contributed by atoms with Crippen molar-refractivity contribution in [1.82, 2.24) is 10.2 Å². The van der Waals surface area contributed by atoms with E-state index in [-0.39, 0.29) is 23.8 Å². The van der Waals surface area contributed by atoms with Crippen LogP contribution in [0.4, 0.5) is 0 Å². The quantitative estimate of drug-likeness (QED) is 0.826. The molecule has 1 aliphatic heterocycles. The number of hydrogen-bond donors (Lipinski definition) is 2. The predicted molar refractivity (Wildman–Crippen MR) is 82.6 cm³/mol. The van der Waals surface area contributed by atoms with E-state index in [2.05, 4.69) is 5.32 Å². The number of carbonyl (C=O) groups is 2. The van der Waals surface area contributed by atoms with Gasteiger partial charge in [-0.1, -0.05) is 33.1 Å². The van der Waals surface area contributed by atoms with E-state index < -0.39 is 5.54 Å². The lowest BCUT2D eigenvalue weighted by Gasteiger charge is -2.40. The van der Waals surface area contributed by atoms with Crippen LogP contribution in [0.5, 0.6) is 0 Å². The monoisotopic (exact) mass is 295 g/mol. The minimum absolute atomic E-state index is 0.0132. The van der Waals surface area contributed by atoms with Crippen molar-refractivity contribution < 1.29 is 9.59 Å². The molecule has 1 saturated carbocycles. The van der Waals surface area contributed by atoms with Crippen LogP contribution in [0, 0.1) is 5.92 Å². The van der Waals surface area contributed by atoms with E-state index in [4.69, 9.17) is 5.73 Å². The van der Waals surface area contributed by atoms with Crippen molar-refractivity contribution in [2.45, 2.75) is 70.4 Å². The molecule has 0 spiro atoms. The molecule has 1 heterocycles. The minimum atomic E-state index is -0.633. The molecule has 0 radical (unpaired) electrons. The highest BCUT2D eigenvalue weighted by Gasteiger charge is 2.39. The molecule has 0 bridgehead atoms. The van der Waals surface area contributed by atoms with Crippen LogP contribution in [0.1, 0.15) is 58.8 Å². The molecule has 0 aromatic carbocycles. The summed E-state index contributed by atoms with van der Waals surface area (Å²) in [5.41, 5.74) is 5.69. The summed E-state index contributed by atoms with van der Waals surface area (Å²) in [6.45, 7) is 5.21. The number of rotatable bonds is 3. The Morgan fingerprint density at radius 3 is 2.24 bits per heavy atom. The third-order valence-corrected chi connectivity index (χ3v) is 4.82. The molecule has 2 fully saturated rings. The molecule has 120 valence electrons. The smallest absolute Gasteiger partial charge is 0.242 e. The zero-order valence-electron chi connectivity index (χ0n) is 13.4. The summed E-state index contributed by atoms with van der Waals surface area (Å²) >= 11 is 0. The molecule has 5 heteroatoms. The van der Waals surface area contributed by atoms with Gasteiger partial charge in [0.1, 0.15) is 0 Å². The van der Waals surface area contributed by atoms with Gasteiger partial charge in [-0.05, 0) is 25.7 Å². The number of carbonyl (C=O) groups excluding carboxylic acids is 2. The molecule has 0 aromatic rings. The molecule has 3 N–H and O–H groups in total. The summed E-state index contributed by atoms with van der Waals surface area (Å²) in [5, 5.41) is 3.06. The highest BCUT2D eigenvalue weighted by Crippen LogP contribution is 2.28. The molecule has 0 unspecified atom stereocenters. The number of amides is 2. The second-order valence-corrected chi connectivity index (χ2v) is 6.95. The van der Waals surface area contributed by atoms with E-state index in [1.807, 2.05) is 18.7 Å². The number of likely N-dealkylation sites (tertiary alicyclic amines) is 1. The van der Waals surface area contributed by atoms with Gasteiger partial charge in [0.15, 0.2) is 0 Å². The lowest BCUT2D eigenvalue weighted by atomic mass is 9.81. The maximum absolute atomic E-state index is 12.6. The van der Waals surface area contributed by atoms with Crippen LogP contribution in [-0.4, -0.2) is 41.4 Å². The summed E-state index contributed by atoms with van der Waals surface area (Å²) in [6, 6.07) is 0.198. The van der Waals surface area contributed by atoms with Gasteiger partial charge in [0.25, 0.3) is 0 Å². The Balaban J connectivity index is 1.83. The van der Waals surface area contributed by atoms with Crippen LogP contribution >= 0.6 is 0 Å². The van der Waals surface area contributed by atoms with Gasteiger partial charge in [0.05, 0.1) is 5.54 Å². The third kappa shape index (κ3) is 3.96. The summed E-state index contributed by atoms with van der Waals surface area (Å²) in [7, 11) is 0. The van der Waals surface area contributed by atoms with E-state index in [0.717, 1.165) is 38.5 Å². The molecule has 0 aromatic heterocycles. The van der Waals surface area contributed by atoms with Crippen LogP contribution < -0.4 is 11.1 Å². The van der Waals surface area contributed by atoms with Crippen LogP contribution in [0.15, 0.2) is 0 Å². The van der Waals surface area contributed by atoms with E-state index >= 15 is 0 Å². The van der Waals surface area contributed by atoms with Crippen molar-refractivity contribution in [3.63, 3.8) is 0 Å². The van der Waals surface area contributed by atoms with Gasteiger partial charge in [-0.15, -0.1) is 0 Å². The standard InChI is InChI=1S/C16H29N3O2/c1-12(2)14(20)18-13-6-10-19(11-7-13)15(21)16(17)8-4-3-5-9-16/h12-13H,3-11,17H2,1-2H3,(H,18,20). The van der Waals surface area contributed by atoms with Gasteiger partial charge < -0.3 is 16.0 Å². The van der Waals surface area contributed by atoms with E-state index in [0.29, 0.717) is 13.1 Å². The second-order valence-electron chi connectivity index (χ2n) is 6.95. The third-order valence-electron chi connectivity index (χ3n) is 4.82. The number of hydrogen-bond acceptors (Lipinski definition) is 3. The second kappa shape index (κ2) is 6.77. The highest BCUT2D eigenvalue weighted by molar-refractivity contribution is 5.86. The molecule has 1 saturated heterocycles. The lowest BCUT2D eigenvalue weighted by molar-refractivity contribution is -0.139. The van der Waals surface area contributed by atoms with E-state index in [1.54, 1.807) is 0 Å². The van der Waals surface area contributed by atoms with Crippen molar-refractivity contribution in [1.29, 1.82) is 0 Å². The zero-order chi connectivity index (χ0) is 15.5. The average Bonchev–Trinajstić information content (AvgIpc) is 2.48. The number of nitrogens with two attached hydrogens (primary N) is 1. The first kappa shape index (κ1) is 16.3. The van der Waals surface area contributed by atoms with E-state index in [9.17, 15) is 9.59 Å². The Kier molecular flexibility index (Phi) is 5.25. The number of nitrogens with zero attached hydrogens (tertiary/aromatic N) is 1. The largest absolute Gasteiger partial charge is 0.353 e. The first-order chi connectivity index (χ1) is 9.92. The average molecular weight is 295 g/mol. The minimum Gasteiger partial charge on any atom is -0.353 e. The summed E-state index contributed by atoms with van der Waals surface area (Å²) in [6.07, 6.45) is 6.61. The molecular weight excluding hydrogens is 266 g/mol. The Morgan fingerprint density at radius 2 is 1.71 bits per heavy atom. The lowest BCUT2D eigenvalue weighted by Crippen LogP contribution is -2.58. The molecule has 2 aliphatic rings. The van der Waals surface area contributed by atoms with Gasteiger partial charge in [-0.2, -0.15) is 0 Å². The first-order valence-electron chi connectivity index (χ1n) is 8.31. The highest BCUT2D eigenvalue weighted by atomic mass is 16.2. The summed E-state index contributed by atoms with van der Waals surface area (Å²) < 4.78 is 0. The molecule has 0 atom stereocenters. The molecule has 2 rings (SSSR count). The van der Waals surface area contributed by atoms with Crippen molar-refractivity contribution in [2.24, 2.45) is 11.7 Å². The van der Waals surface area contributed by atoms with Crippen LogP contribution in [0.2, 0.25) is 0 Å². The molecule has 21 heavy (non-hydrogen) atoms. The Labute approximate surface area is 127 Å². The van der Waals surface area contributed by atoms with Gasteiger partial charge in [0, 0.05) is 25.0 Å². The Hall–Kier alpha value is -1.10. The maximum Gasteiger partial charge on any atom is 0.242 e. The Morgan fingerprint density at radius 1 is 1.14 bits per heavy atom. The van der Waals surface area contributed by atoms with Crippen molar-refractivity contribution in [3.8, 4) is 0 Å². The van der Waals surface area contributed by atoms with Crippen LogP contribution in [0.3, 0.4) is 0 Å². The van der Waals surface area contributed by atoms with Gasteiger partial charge >= 0.3 is 0 Å². The molecular formula is C16H29N3O2. The first-order valence-corrected chi connectivity index (χ1v) is 8.31. The topological polar surface area (TPSA) is 75.4 Å². The van der Waals surface area contributed by atoms with Crippen molar-refractivity contribution in [2.75, 3.05) is 13.1 Å². The Bertz CT molecular complexity index is 381. The fraction of sp³-hybridized carbons (Fsp3) is 0.875. The van der Waals surface area contributed by atoms with Crippen molar-refractivity contribution >= 4 is 11.8 Å². The van der Waals surface area contributed by atoms with Gasteiger partial charge in [-0.25, -0.2) is 0 Å². The fourth-order valence-corrected chi connectivity index (χ4v) is 3.31. The van der Waals surface area contributed by atoms with Crippen molar-refractivity contribution in [3.05, 3.63) is 0 Å². The maximum atomic E-state index is 12.6. The summed E-state index contributed by atoms with van der Waals surface area (Å²) in [4.78, 5) is 26.2. The molecule has 2 amide bonds. The predicted octanol–water partition coefficient (Wildman–Crippen LogP) is 1.41. The summed E-state index contributed by atoms with van der Waals surface area (Å²) in [5.74, 6) is 0.234. The fourth-order valence-electron chi connectivity index (χ4n) is 3.31. The van der Waals surface area contributed by atoms with E-state index in [1.165, 1.54) is 6.42 Å². The van der Waals surface area contributed by atoms with Crippen LogP contribution in [-0.2, 0) is 9.59 Å². The van der Waals surface area contributed by atoms with Crippen LogP contribution in [0.25, 0.3) is 0 Å². The number of piperidine rings is 1. The van der Waals surface area contributed by atoms with Gasteiger partial charge in [0.2, 0.25) is 11.8 Å².